The lowest BCUT2D eigenvalue weighted by Gasteiger charge is -2.09. The van der Waals surface area contributed by atoms with Crippen molar-refractivity contribution in [1.29, 1.82) is 0 Å². The van der Waals surface area contributed by atoms with Crippen LogP contribution < -0.4 is 5.73 Å². The highest BCUT2D eigenvalue weighted by Crippen LogP contribution is 2.30. The van der Waals surface area contributed by atoms with E-state index in [9.17, 15) is 0 Å². The van der Waals surface area contributed by atoms with Crippen molar-refractivity contribution < 1.29 is 0 Å². The lowest BCUT2D eigenvalue weighted by atomic mass is 10.1. The van der Waals surface area contributed by atoms with Crippen LogP contribution in [0.3, 0.4) is 0 Å². The van der Waals surface area contributed by atoms with Gasteiger partial charge in [0.15, 0.2) is 0 Å². The Hall–Kier alpha value is 0.140. The van der Waals surface area contributed by atoms with Gasteiger partial charge in [-0.1, -0.05) is 26.2 Å². The fourth-order valence-electron chi connectivity index (χ4n) is 1.32. The number of hydrogen-bond acceptors (Lipinski definition) is 2. The molecule has 13 heavy (non-hydrogen) atoms. The van der Waals surface area contributed by atoms with Crippen molar-refractivity contribution in [3.63, 3.8) is 0 Å². The van der Waals surface area contributed by atoms with Crippen LogP contribution in [0.15, 0.2) is 15.9 Å². The van der Waals surface area contributed by atoms with Gasteiger partial charge in [-0.25, -0.2) is 0 Å². The average molecular weight is 262 g/mol. The molecular weight excluding hydrogens is 246 g/mol. The third-order valence-electron chi connectivity index (χ3n) is 2.10. The third-order valence-corrected chi connectivity index (χ3v) is 4.10. The van der Waals surface area contributed by atoms with Crippen molar-refractivity contribution in [2.45, 2.75) is 38.6 Å². The standard InChI is InChI=1S/C10H16BrNS/c1-2-3-4-5-9(12)10-8(11)6-7-13-10/h6-7,9H,2-5,12H2,1H3/t9-/m1/s1. The predicted molar refractivity (Wildman–Crippen MR) is 63.1 cm³/mol. The van der Waals surface area contributed by atoms with Crippen molar-refractivity contribution in [2.24, 2.45) is 5.73 Å². The Morgan fingerprint density at radius 3 is 2.85 bits per heavy atom. The summed E-state index contributed by atoms with van der Waals surface area (Å²) < 4.78 is 1.17. The normalized spacial score (nSPS) is 13.2. The Bertz CT molecular complexity index is 247. The van der Waals surface area contributed by atoms with Crippen LogP contribution in [0.5, 0.6) is 0 Å². The van der Waals surface area contributed by atoms with E-state index in [0.29, 0.717) is 0 Å². The Kier molecular flexibility index (Phi) is 4.99. The second-order valence-electron chi connectivity index (χ2n) is 3.24. The molecule has 2 N–H and O–H groups in total. The van der Waals surface area contributed by atoms with Gasteiger partial charge in [0.25, 0.3) is 0 Å². The summed E-state index contributed by atoms with van der Waals surface area (Å²) in [6, 6.07) is 2.29. The second kappa shape index (κ2) is 5.78. The number of halogens is 1. The van der Waals surface area contributed by atoms with Crippen LogP contribution in [0, 0.1) is 0 Å². The molecular formula is C10H16BrNS. The van der Waals surface area contributed by atoms with Crippen LogP contribution in [-0.2, 0) is 0 Å². The summed E-state index contributed by atoms with van der Waals surface area (Å²) in [4.78, 5) is 1.29. The number of rotatable bonds is 5. The molecule has 0 aliphatic heterocycles. The van der Waals surface area contributed by atoms with E-state index in [-0.39, 0.29) is 6.04 Å². The minimum atomic E-state index is 0.223. The molecule has 74 valence electrons. The molecule has 3 heteroatoms. The van der Waals surface area contributed by atoms with Crippen molar-refractivity contribution in [2.75, 3.05) is 0 Å². The van der Waals surface area contributed by atoms with E-state index in [1.54, 1.807) is 11.3 Å². The van der Waals surface area contributed by atoms with Crippen molar-refractivity contribution >= 4 is 27.3 Å². The molecule has 0 aliphatic carbocycles. The minimum absolute atomic E-state index is 0.223. The topological polar surface area (TPSA) is 26.0 Å². The molecule has 0 saturated carbocycles. The van der Waals surface area contributed by atoms with Crippen LogP contribution in [0.4, 0.5) is 0 Å². The molecule has 0 aliphatic rings. The fraction of sp³-hybridized carbons (Fsp3) is 0.600. The van der Waals surface area contributed by atoms with Gasteiger partial charge in [-0.15, -0.1) is 11.3 Å². The number of nitrogens with two attached hydrogens (primary N) is 1. The zero-order valence-electron chi connectivity index (χ0n) is 7.92. The number of thiophene rings is 1. The molecule has 0 unspecified atom stereocenters. The molecule has 0 aromatic carbocycles. The van der Waals surface area contributed by atoms with E-state index in [0.717, 1.165) is 6.42 Å². The van der Waals surface area contributed by atoms with E-state index in [4.69, 9.17) is 5.73 Å². The van der Waals surface area contributed by atoms with Crippen LogP contribution in [0.1, 0.15) is 43.5 Å². The van der Waals surface area contributed by atoms with E-state index < -0.39 is 0 Å². The van der Waals surface area contributed by atoms with Crippen LogP contribution in [0.2, 0.25) is 0 Å². The molecule has 1 aromatic rings. The van der Waals surface area contributed by atoms with Crippen molar-refractivity contribution in [3.8, 4) is 0 Å². The number of hydrogen-bond donors (Lipinski definition) is 1. The Balaban J connectivity index is 2.39. The molecule has 0 radical (unpaired) electrons. The highest BCUT2D eigenvalue weighted by Gasteiger charge is 2.10. The molecule has 1 rings (SSSR count). The molecule has 1 heterocycles. The maximum atomic E-state index is 6.06. The summed E-state index contributed by atoms with van der Waals surface area (Å²) in [6.07, 6.45) is 4.89. The second-order valence-corrected chi connectivity index (χ2v) is 5.04. The van der Waals surface area contributed by atoms with Gasteiger partial charge in [-0.2, -0.15) is 0 Å². The van der Waals surface area contributed by atoms with Gasteiger partial charge < -0.3 is 5.73 Å². The zero-order chi connectivity index (χ0) is 9.68. The summed E-state index contributed by atoms with van der Waals surface area (Å²) in [5.41, 5.74) is 6.06. The van der Waals surface area contributed by atoms with Gasteiger partial charge >= 0.3 is 0 Å². The first-order chi connectivity index (χ1) is 6.25. The summed E-state index contributed by atoms with van der Waals surface area (Å²) in [5.74, 6) is 0. The zero-order valence-corrected chi connectivity index (χ0v) is 10.3. The average Bonchev–Trinajstić information content (AvgIpc) is 2.52. The molecule has 1 atom stereocenters. The van der Waals surface area contributed by atoms with Gasteiger partial charge in [0.2, 0.25) is 0 Å². The van der Waals surface area contributed by atoms with Gasteiger partial charge in [0.05, 0.1) is 0 Å². The Morgan fingerprint density at radius 2 is 2.31 bits per heavy atom. The van der Waals surface area contributed by atoms with E-state index in [1.807, 2.05) is 0 Å². The molecule has 0 fully saturated rings. The van der Waals surface area contributed by atoms with Crippen LogP contribution >= 0.6 is 27.3 Å². The third kappa shape index (κ3) is 3.41. The fourth-order valence-corrected chi connectivity index (χ4v) is 3.02. The Morgan fingerprint density at radius 1 is 1.54 bits per heavy atom. The van der Waals surface area contributed by atoms with Gasteiger partial charge in [0.1, 0.15) is 0 Å². The smallest absolute Gasteiger partial charge is 0.0401 e. The summed E-state index contributed by atoms with van der Waals surface area (Å²) in [6.45, 7) is 2.21. The van der Waals surface area contributed by atoms with Gasteiger partial charge in [0, 0.05) is 15.4 Å². The SMILES string of the molecule is CCCCC[C@@H](N)c1sccc1Br. The first-order valence-electron chi connectivity index (χ1n) is 4.74. The summed E-state index contributed by atoms with van der Waals surface area (Å²) in [5, 5.41) is 2.08. The largest absolute Gasteiger partial charge is 0.323 e. The lowest BCUT2D eigenvalue weighted by molar-refractivity contribution is 0.586. The molecule has 1 aromatic heterocycles. The highest BCUT2D eigenvalue weighted by molar-refractivity contribution is 9.10. The molecule has 0 bridgehead atoms. The molecule has 0 amide bonds. The van der Waals surface area contributed by atoms with Crippen LogP contribution in [0.25, 0.3) is 0 Å². The minimum Gasteiger partial charge on any atom is -0.323 e. The molecule has 0 spiro atoms. The Labute approximate surface area is 92.5 Å². The maximum absolute atomic E-state index is 6.06. The summed E-state index contributed by atoms with van der Waals surface area (Å²) in [7, 11) is 0. The quantitative estimate of drug-likeness (QED) is 0.794. The van der Waals surface area contributed by atoms with Crippen molar-refractivity contribution in [1.82, 2.24) is 0 Å². The van der Waals surface area contributed by atoms with Crippen LogP contribution in [-0.4, -0.2) is 0 Å². The summed E-state index contributed by atoms with van der Waals surface area (Å²) >= 11 is 5.25. The van der Waals surface area contributed by atoms with E-state index >= 15 is 0 Å². The lowest BCUT2D eigenvalue weighted by Crippen LogP contribution is -2.08. The molecule has 0 saturated heterocycles. The first-order valence-corrected chi connectivity index (χ1v) is 6.41. The maximum Gasteiger partial charge on any atom is 0.0401 e. The monoisotopic (exact) mass is 261 g/mol. The van der Waals surface area contributed by atoms with Gasteiger partial charge in [-0.05, 0) is 33.8 Å². The molecule has 1 nitrogen and oxygen atoms in total. The van der Waals surface area contributed by atoms with Gasteiger partial charge in [-0.3, -0.25) is 0 Å². The highest BCUT2D eigenvalue weighted by atomic mass is 79.9. The number of unbranched alkanes of at least 4 members (excludes halogenated alkanes) is 2. The van der Waals surface area contributed by atoms with E-state index in [2.05, 4.69) is 34.3 Å². The first kappa shape index (κ1) is 11.2. The van der Waals surface area contributed by atoms with Crippen molar-refractivity contribution in [3.05, 3.63) is 20.8 Å². The van der Waals surface area contributed by atoms with E-state index in [1.165, 1.54) is 28.6 Å². The predicted octanol–water partition coefficient (Wildman–Crippen LogP) is 4.09.